The molecule has 1 aliphatic rings. The summed E-state index contributed by atoms with van der Waals surface area (Å²) in [6.45, 7) is 3.97. The Bertz CT molecular complexity index is 1160. The first-order chi connectivity index (χ1) is 13.3. The third-order valence-corrected chi connectivity index (χ3v) is 6.37. The van der Waals surface area contributed by atoms with E-state index in [9.17, 15) is 0 Å². The predicted molar refractivity (Wildman–Crippen MR) is 108 cm³/mol. The van der Waals surface area contributed by atoms with Crippen LogP contribution in [0.1, 0.15) is 16.9 Å². The van der Waals surface area contributed by atoms with Gasteiger partial charge >= 0.3 is 0 Å². The fourth-order valence-corrected chi connectivity index (χ4v) is 5.12. The van der Waals surface area contributed by atoms with Gasteiger partial charge < -0.3 is 10.1 Å². The van der Waals surface area contributed by atoms with Crippen LogP contribution >= 0.6 is 11.3 Å². The maximum atomic E-state index is 5.65. The lowest BCUT2D eigenvalue weighted by atomic mass is 9.88. The van der Waals surface area contributed by atoms with Crippen LogP contribution in [0.2, 0.25) is 0 Å². The largest absolute Gasteiger partial charge is 0.492 e. The summed E-state index contributed by atoms with van der Waals surface area (Å²) >= 11 is 1.77. The number of methoxy groups -OCH3 is 1. The molecule has 7 heteroatoms. The van der Waals surface area contributed by atoms with Crippen molar-refractivity contribution < 1.29 is 4.74 Å². The van der Waals surface area contributed by atoms with E-state index in [2.05, 4.69) is 33.0 Å². The molecule has 0 aromatic carbocycles. The molecule has 1 N–H and O–H groups in total. The smallest absolute Gasteiger partial charge is 0.168 e. The second-order valence-electron chi connectivity index (χ2n) is 6.69. The highest BCUT2D eigenvalue weighted by Gasteiger charge is 2.24. The Morgan fingerprint density at radius 3 is 3.15 bits per heavy atom. The Hall–Kier alpha value is -2.93. The molecule has 0 bridgehead atoms. The maximum absolute atomic E-state index is 5.65. The summed E-state index contributed by atoms with van der Waals surface area (Å²) in [5.74, 6) is 2.13. The molecule has 5 rings (SSSR count). The third-order valence-electron chi connectivity index (χ3n) is 5.20. The van der Waals surface area contributed by atoms with Gasteiger partial charge in [0.25, 0.3) is 0 Å². The van der Waals surface area contributed by atoms with Crippen molar-refractivity contribution in [1.82, 2.24) is 19.6 Å². The number of aryl methyl sites for hydroxylation is 1. The number of allylic oxidation sites excluding steroid dienone is 1. The van der Waals surface area contributed by atoms with E-state index in [-0.39, 0.29) is 0 Å². The van der Waals surface area contributed by atoms with Crippen LogP contribution in [0.5, 0.6) is 5.75 Å². The zero-order chi connectivity index (χ0) is 18.4. The van der Waals surface area contributed by atoms with E-state index in [0.29, 0.717) is 5.92 Å². The Kier molecular flexibility index (Phi) is 3.82. The number of nitrogens with zero attached hydrogens (tertiary/aromatic N) is 4. The van der Waals surface area contributed by atoms with Crippen LogP contribution in [0.3, 0.4) is 0 Å². The first kappa shape index (κ1) is 16.3. The number of rotatable bonds is 4. The van der Waals surface area contributed by atoms with Crippen molar-refractivity contribution in [1.29, 1.82) is 0 Å². The first-order valence-corrected chi connectivity index (χ1v) is 9.75. The van der Waals surface area contributed by atoms with Crippen molar-refractivity contribution in [2.24, 2.45) is 5.92 Å². The van der Waals surface area contributed by atoms with Crippen molar-refractivity contribution in [3.05, 3.63) is 53.9 Å². The Balaban J connectivity index is 1.62. The number of thiophene rings is 1. The molecule has 0 spiro atoms. The molecule has 4 aromatic heterocycles. The standard InChI is InChI=1S/C20H19N5OS/c1-3-12-4-5-13-16(10-12)27-20-17(13)19(21-11-22-20)24-14-7-9-25-15(6-8-23-25)18(14)26-2/h3,6-9,11-12H,1,4-5,10H2,2H3,(H,21,22,24)/t12-/m0/s1. The highest BCUT2D eigenvalue weighted by atomic mass is 32.1. The van der Waals surface area contributed by atoms with E-state index < -0.39 is 0 Å². The van der Waals surface area contributed by atoms with Gasteiger partial charge in [0.2, 0.25) is 0 Å². The van der Waals surface area contributed by atoms with Gasteiger partial charge in [-0.05, 0) is 42.9 Å². The summed E-state index contributed by atoms with van der Waals surface area (Å²) in [4.78, 5) is 11.5. The molecule has 1 atom stereocenters. The van der Waals surface area contributed by atoms with E-state index in [1.165, 1.54) is 10.4 Å². The summed E-state index contributed by atoms with van der Waals surface area (Å²) in [5, 5.41) is 8.88. The van der Waals surface area contributed by atoms with Crippen LogP contribution in [-0.2, 0) is 12.8 Å². The van der Waals surface area contributed by atoms with Crippen LogP contribution in [0, 0.1) is 5.92 Å². The lowest BCUT2D eigenvalue weighted by molar-refractivity contribution is 0.419. The summed E-state index contributed by atoms with van der Waals surface area (Å²) in [5.41, 5.74) is 3.15. The molecule has 0 unspecified atom stereocenters. The number of hydrogen-bond donors (Lipinski definition) is 1. The molecule has 0 saturated carbocycles. The summed E-state index contributed by atoms with van der Waals surface area (Å²) < 4.78 is 7.44. The Morgan fingerprint density at radius 1 is 1.37 bits per heavy atom. The van der Waals surface area contributed by atoms with Crippen LogP contribution in [0.4, 0.5) is 11.5 Å². The van der Waals surface area contributed by atoms with Gasteiger partial charge in [-0.25, -0.2) is 14.5 Å². The quantitative estimate of drug-likeness (QED) is 0.535. The van der Waals surface area contributed by atoms with Crippen LogP contribution in [0.15, 0.2) is 43.5 Å². The van der Waals surface area contributed by atoms with Gasteiger partial charge in [0.1, 0.15) is 22.5 Å². The first-order valence-electron chi connectivity index (χ1n) is 8.93. The molecule has 0 aliphatic heterocycles. The van der Waals surface area contributed by atoms with Crippen LogP contribution in [-0.4, -0.2) is 26.7 Å². The van der Waals surface area contributed by atoms with Crippen molar-refractivity contribution in [2.75, 3.05) is 12.4 Å². The molecule has 0 fully saturated rings. The molecule has 0 amide bonds. The fourth-order valence-electron chi connectivity index (χ4n) is 3.84. The summed E-state index contributed by atoms with van der Waals surface area (Å²) in [7, 11) is 1.67. The summed E-state index contributed by atoms with van der Waals surface area (Å²) in [6, 6.07) is 3.89. The maximum Gasteiger partial charge on any atom is 0.168 e. The van der Waals surface area contributed by atoms with E-state index in [0.717, 1.165) is 52.3 Å². The number of ether oxygens (including phenoxy) is 1. The molecular weight excluding hydrogens is 358 g/mol. The number of pyridine rings is 1. The van der Waals surface area contributed by atoms with Crippen molar-refractivity contribution in [3.63, 3.8) is 0 Å². The molecule has 0 saturated heterocycles. The zero-order valence-corrected chi connectivity index (χ0v) is 15.8. The van der Waals surface area contributed by atoms with Crippen molar-refractivity contribution in [2.45, 2.75) is 19.3 Å². The molecular formula is C20H19N5OS. The highest BCUT2D eigenvalue weighted by molar-refractivity contribution is 7.19. The highest BCUT2D eigenvalue weighted by Crippen LogP contribution is 2.41. The topological polar surface area (TPSA) is 64.3 Å². The van der Waals surface area contributed by atoms with Gasteiger partial charge in [0.05, 0.1) is 24.4 Å². The molecule has 4 heterocycles. The molecule has 136 valence electrons. The Labute approximate surface area is 160 Å². The van der Waals surface area contributed by atoms with Crippen molar-refractivity contribution >= 4 is 38.6 Å². The minimum Gasteiger partial charge on any atom is -0.492 e. The van der Waals surface area contributed by atoms with E-state index in [1.807, 2.05) is 18.3 Å². The average Bonchev–Trinajstić information content (AvgIpc) is 3.31. The molecule has 27 heavy (non-hydrogen) atoms. The number of aromatic nitrogens is 4. The minimum atomic E-state index is 0.555. The predicted octanol–water partition coefficient (Wildman–Crippen LogP) is 4.38. The molecule has 0 radical (unpaired) electrons. The lowest BCUT2D eigenvalue weighted by Crippen LogP contribution is -2.10. The second kappa shape index (κ2) is 6.35. The van der Waals surface area contributed by atoms with E-state index in [4.69, 9.17) is 4.74 Å². The van der Waals surface area contributed by atoms with Gasteiger partial charge in [-0.2, -0.15) is 5.10 Å². The summed E-state index contributed by atoms with van der Waals surface area (Å²) in [6.07, 6.45) is 10.6. The average molecular weight is 377 g/mol. The van der Waals surface area contributed by atoms with E-state index in [1.54, 1.807) is 35.5 Å². The molecule has 6 nitrogen and oxygen atoms in total. The van der Waals surface area contributed by atoms with Gasteiger partial charge in [-0.3, -0.25) is 0 Å². The second-order valence-corrected chi connectivity index (χ2v) is 7.78. The van der Waals surface area contributed by atoms with Gasteiger partial charge in [-0.1, -0.05) is 6.08 Å². The molecule has 4 aromatic rings. The monoisotopic (exact) mass is 377 g/mol. The number of fused-ring (bicyclic) bond motifs is 4. The van der Waals surface area contributed by atoms with Gasteiger partial charge in [0.15, 0.2) is 5.75 Å². The van der Waals surface area contributed by atoms with Gasteiger partial charge in [0, 0.05) is 11.1 Å². The Morgan fingerprint density at radius 2 is 2.30 bits per heavy atom. The minimum absolute atomic E-state index is 0.555. The number of hydrogen-bond acceptors (Lipinski definition) is 6. The number of nitrogens with one attached hydrogen (secondary N) is 1. The lowest BCUT2D eigenvalue weighted by Gasteiger charge is -2.19. The zero-order valence-electron chi connectivity index (χ0n) is 15.0. The third kappa shape index (κ3) is 2.57. The van der Waals surface area contributed by atoms with E-state index >= 15 is 0 Å². The van der Waals surface area contributed by atoms with Gasteiger partial charge in [-0.15, -0.1) is 17.9 Å². The fraction of sp³-hybridized carbons (Fsp3) is 0.250. The van der Waals surface area contributed by atoms with Crippen molar-refractivity contribution in [3.8, 4) is 5.75 Å². The number of anilines is 2. The van der Waals surface area contributed by atoms with Crippen LogP contribution < -0.4 is 10.1 Å². The van der Waals surface area contributed by atoms with Crippen LogP contribution in [0.25, 0.3) is 15.7 Å². The normalized spacial score (nSPS) is 16.4. The SMILES string of the molecule is C=C[C@H]1CCc2c(sc3ncnc(Nc4ccn5nccc5c4OC)c23)C1. The molecule has 1 aliphatic carbocycles.